The number of hydrogen-bond donors (Lipinski definition) is 1. The van der Waals surface area contributed by atoms with Crippen LogP contribution in [0.3, 0.4) is 0 Å². The summed E-state index contributed by atoms with van der Waals surface area (Å²) in [5.74, 6) is -3.05. The van der Waals surface area contributed by atoms with E-state index in [0.717, 1.165) is 24.6 Å². The lowest BCUT2D eigenvalue weighted by Crippen LogP contribution is -2.52. The van der Waals surface area contributed by atoms with E-state index in [1.165, 1.54) is 17.0 Å². The van der Waals surface area contributed by atoms with Crippen molar-refractivity contribution in [2.75, 3.05) is 26.7 Å². The highest BCUT2D eigenvalue weighted by molar-refractivity contribution is 6.44. The van der Waals surface area contributed by atoms with E-state index in [1.54, 1.807) is 11.9 Å². The van der Waals surface area contributed by atoms with Crippen molar-refractivity contribution in [3.8, 4) is 0 Å². The van der Waals surface area contributed by atoms with Crippen LogP contribution in [0.1, 0.15) is 19.3 Å². The van der Waals surface area contributed by atoms with Crippen molar-refractivity contribution in [3.63, 3.8) is 0 Å². The molecule has 1 saturated carbocycles. The minimum absolute atomic E-state index is 0.00346. The molecule has 0 spiro atoms. The second-order valence-corrected chi connectivity index (χ2v) is 8.44. The van der Waals surface area contributed by atoms with Gasteiger partial charge in [0.25, 0.3) is 11.8 Å². The van der Waals surface area contributed by atoms with Crippen LogP contribution in [0.2, 0.25) is 0 Å². The molecule has 2 amide bonds. The van der Waals surface area contributed by atoms with Crippen molar-refractivity contribution >= 4 is 29.3 Å². The molecule has 1 aromatic carbocycles. The van der Waals surface area contributed by atoms with Crippen molar-refractivity contribution in [2.45, 2.75) is 30.8 Å². The molecule has 1 aliphatic carbocycles. The Labute approximate surface area is 176 Å². The van der Waals surface area contributed by atoms with E-state index in [-0.39, 0.29) is 41.3 Å². The van der Waals surface area contributed by atoms with Crippen LogP contribution in [-0.2, 0) is 9.59 Å². The lowest BCUT2D eigenvalue weighted by atomic mass is 9.90. The number of piperidine rings is 1. The number of carbonyl (C=O) groups excluding carboxylic acids is 2. The molecular formula is C21H21F2N5O3. The Morgan fingerprint density at radius 1 is 1.29 bits per heavy atom. The third-order valence-corrected chi connectivity index (χ3v) is 6.69. The fourth-order valence-electron chi connectivity index (χ4n) is 4.40. The van der Waals surface area contributed by atoms with Crippen LogP contribution in [0.15, 0.2) is 27.3 Å². The number of aliphatic hydroxyl groups is 1. The first kappa shape index (κ1) is 19.9. The Balaban J connectivity index is 1.33. The molecule has 10 heteroatoms. The molecule has 1 saturated heterocycles. The first-order chi connectivity index (χ1) is 14.8. The number of aliphatic hydroxyl groups excluding tert-OH is 1. The largest absolute Gasteiger partial charge is 0.394 e. The van der Waals surface area contributed by atoms with Crippen LogP contribution in [0.5, 0.6) is 0 Å². The fraction of sp³-hybridized carbons (Fsp3) is 0.476. The molecule has 8 nitrogen and oxygen atoms in total. The Kier molecular flexibility index (Phi) is 4.51. The van der Waals surface area contributed by atoms with Crippen molar-refractivity contribution in [1.82, 2.24) is 9.80 Å². The first-order valence-corrected chi connectivity index (χ1v) is 10.2. The summed E-state index contributed by atoms with van der Waals surface area (Å²) < 4.78 is 27.5. The maximum absolute atomic E-state index is 14.0. The second kappa shape index (κ2) is 7.01. The summed E-state index contributed by atoms with van der Waals surface area (Å²) in [5.41, 5.74) is 0.479. The van der Waals surface area contributed by atoms with Gasteiger partial charge in [-0.3, -0.25) is 14.6 Å². The maximum Gasteiger partial charge on any atom is 0.271 e. The minimum atomic E-state index is -1.01. The van der Waals surface area contributed by atoms with Crippen molar-refractivity contribution < 1.29 is 23.5 Å². The highest BCUT2D eigenvalue weighted by Crippen LogP contribution is 2.41. The van der Waals surface area contributed by atoms with Crippen LogP contribution in [0.4, 0.5) is 8.78 Å². The molecule has 0 radical (unpaired) electrons. The Morgan fingerprint density at radius 3 is 2.77 bits per heavy atom. The van der Waals surface area contributed by atoms with E-state index in [2.05, 4.69) is 15.2 Å². The first-order valence-electron chi connectivity index (χ1n) is 10.2. The molecule has 31 heavy (non-hydrogen) atoms. The number of benzene rings is 1. The zero-order valence-corrected chi connectivity index (χ0v) is 16.9. The molecule has 0 aromatic heterocycles. The van der Waals surface area contributed by atoms with Crippen molar-refractivity contribution in [1.29, 1.82) is 0 Å². The van der Waals surface area contributed by atoms with Gasteiger partial charge in [-0.15, -0.1) is 5.10 Å². The van der Waals surface area contributed by atoms with Crippen LogP contribution < -0.4 is 10.6 Å². The quantitative estimate of drug-likeness (QED) is 0.692. The second-order valence-electron chi connectivity index (χ2n) is 8.44. The predicted molar refractivity (Wildman–Crippen MR) is 107 cm³/mol. The van der Waals surface area contributed by atoms with Gasteiger partial charge in [-0.25, -0.2) is 8.78 Å². The Hall–Kier alpha value is -3.01. The van der Waals surface area contributed by atoms with Crippen LogP contribution in [0.25, 0.3) is 6.08 Å². The average Bonchev–Trinajstić information content (AvgIpc) is 3.27. The van der Waals surface area contributed by atoms with Gasteiger partial charge in [0.15, 0.2) is 11.6 Å². The molecule has 0 bridgehead atoms. The van der Waals surface area contributed by atoms with Gasteiger partial charge in [0.2, 0.25) is 0 Å². The van der Waals surface area contributed by atoms with Crippen LogP contribution in [0, 0.1) is 17.6 Å². The molecule has 5 rings (SSSR count). The lowest BCUT2D eigenvalue weighted by Gasteiger charge is -2.34. The van der Waals surface area contributed by atoms with E-state index in [4.69, 9.17) is 0 Å². The normalized spacial score (nSPS) is 25.0. The number of carbonyl (C=O) groups is 2. The van der Waals surface area contributed by atoms with Gasteiger partial charge in [0.1, 0.15) is 11.8 Å². The number of halogens is 2. The molecule has 3 heterocycles. The molecule has 2 unspecified atom stereocenters. The number of fused-ring (bicyclic) bond motifs is 2. The Morgan fingerprint density at radius 2 is 2.06 bits per heavy atom. The standard InChI is InChI=1S/C21H21F2N5O3/c1-27(21(10-29)5-6-21)20(31)18-12-9-28(7-4-15(12)25-26-18)19(30)16-8-11-14(24-16)3-2-13(22)17(11)23/h2-3,8,12,16,29H,4-7,9-10H2,1H3. The van der Waals surface area contributed by atoms with Crippen molar-refractivity contribution in [2.24, 2.45) is 21.1 Å². The van der Waals surface area contributed by atoms with Gasteiger partial charge in [0, 0.05) is 31.8 Å². The number of likely N-dealkylation sites (N-methyl/N-ethyl adjacent to an activating group) is 1. The third kappa shape index (κ3) is 3.08. The Bertz CT molecular complexity index is 1170. The molecule has 2 fully saturated rings. The highest BCUT2D eigenvalue weighted by atomic mass is 19.2. The monoisotopic (exact) mass is 429 g/mol. The summed E-state index contributed by atoms with van der Waals surface area (Å²) in [6.45, 7) is 0.492. The number of amides is 2. The van der Waals surface area contributed by atoms with Gasteiger partial charge in [0.05, 0.1) is 29.1 Å². The summed E-state index contributed by atoms with van der Waals surface area (Å²) >= 11 is 0. The maximum atomic E-state index is 14.0. The van der Waals surface area contributed by atoms with E-state index in [9.17, 15) is 23.5 Å². The number of hydrogen-bond acceptors (Lipinski definition) is 6. The van der Waals surface area contributed by atoms with E-state index in [1.807, 2.05) is 0 Å². The van der Waals surface area contributed by atoms with Gasteiger partial charge < -0.3 is 14.9 Å². The summed E-state index contributed by atoms with van der Waals surface area (Å²) in [5, 5.41) is 18.1. The number of rotatable bonds is 4. The topological polar surface area (TPSA) is 97.9 Å². The summed E-state index contributed by atoms with van der Waals surface area (Å²) in [6, 6.07) is 1.41. The zero-order valence-electron chi connectivity index (χ0n) is 16.9. The predicted octanol–water partition coefficient (Wildman–Crippen LogP) is -0.610. The molecule has 162 valence electrons. The zero-order chi connectivity index (χ0) is 21.9. The van der Waals surface area contributed by atoms with E-state index < -0.39 is 29.1 Å². The average molecular weight is 429 g/mol. The molecule has 1 N–H and O–H groups in total. The van der Waals surface area contributed by atoms with Gasteiger partial charge in [-0.1, -0.05) is 0 Å². The summed E-state index contributed by atoms with van der Waals surface area (Å²) in [6.07, 6.45) is 3.27. The van der Waals surface area contributed by atoms with Crippen molar-refractivity contribution in [3.05, 3.63) is 34.3 Å². The highest BCUT2D eigenvalue weighted by Gasteiger charge is 2.50. The molecule has 2 atom stereocenters. The molecule has 4 aliphatic rings. The van der Waals surface area contributed by atoms with Gasteiger partial charge in [-0.2, -0.15) is 5.10 Å². The van der Waals surface area contributed by atoms with Gasteiger partial charge >= 0.3 is 0 Å². The third-order valence-electron chi connectivity index (χ3n) is 6.69. The minimum Gasteiger partial charge on any atom is -0.394 e. The number of nitrogens with zero attached hydrogens (tertiary/aromatic N) is 5. The molecule has 3 aliphatic heterocycles. The SMILES string of the molecule is CN(C(=O)C1=NN=C2CCN(C(=O)C3C=c4c(F)c(F)ccc4=N3)CC21)C1(CO)CC1. The smallest absolute Gasteiger partial charge is 0.271 e. The van der Waals surface area contributed by atoms with Crippen LogP contribution in [-0.4, -0.2) is 76.5 Å². The number of likely N-dealkylation sites (tertiary alicyclic amines) is 1. The molecular weight excluding hydrogens is 408 g/mol. The fourth-order valence-corrected chi connectivity index (χ4v) is 4.40. The van der Waals surface area contributed by atoms with E-state index >= 15 is 0 Å². The van der Waals surface area contributed by atoms with E-state index in [0.29, 0.717) is 13.0 Å². The van der Waals surface area contributed by atoms with Crippen LogP contribution >= 0.6 is 0 Å². The molecule has 1 aromatic rings. The summed E-state index contributed by atoms with van der Waals surface area (Å²) in [7, 11) is 1.65. The summed E-state index contributed by atoms with van der Waals surface area (Å²) in [4.78, 5) is 33.4. The lowest BCUT2D eigenvalue weighted by molar-refractivity contribution is -0.132. The van der Waals surface area contributed by atoms with Gasteiger partial charge in [-0.05, 0) is 31.1 Å².